The zero-order valence-electron chi connectivity index (χ0n) is 21.7. The number of rotatable bonds is 10. The summed E-state index contributed by atoms with van der Waals surface area (Å²) in [6, 6.07) is 9.28. The molecular weight excluding hydrogens is 551 g/mol. The molecule has 0 radical (unpaired) electrons. The number of anilines is 4. The normalized spacial score (nSPS) is 14.7. The molecule has 40 heavy (non-hydrogen) atoms. The summed E-state index contributed by atoms with van der Waals surface area (Å²) >= 11 is 0. The van der Waals surface area contributed by atoms with Gasteiger partial charge in [0.15, 0.2) is 0 Å². The monoisotopic (exact) mass is 579 g/mol. The number of carbonyl (C=O) groups excluding carboxylic acids is 1. The Morgan fingerprint density at radius 2 is 1.93 bits per heavy atom. The number of aromatic nitrogens is 3. The molecule has 1 amide bonds. The first-order chi connectivity index (χ1) is 18.7. The van der Waals surface area contributed by atoms with Gasteiger partial charge in [0.1, 0.15) is 17.2 Å². The molecule has 1 fully saturated rings. The van der Waals surface area contributed by atoms with E-state index in [1.165, 1.54) is 31.4 Å². The molecule has 1 aromatic carbocycles. The van der Waals surface area contributed by atoms with Crippen LogP contribution in [-0.2, 0) is 22.7 Å². The summed E-state index contributed by atoms with van der Waals surface area (Å²) in [6.45, 7) is -0.0935. The molecule has 2 aromatic heterocycles. The highest BCUT2D eigenvalue weighted by Gasteiger charge is 2.36. The smallest absolute Gasteiger partial charge is 0.388 e. The van der Waals surface area contributed by atoms with Crippen LogP contribution in [0.25, 0.3) is 0 Å². The van der Waals surface area contributed by atoms with E-state index in [9.17, 15) is 31.5 Å². The third-order valence-corrected chi connectivity index (χ3v) is 7.61. The van der Waals surface area contributed by atoms with Crippen molar-refractivity contribution < 1.29 is 31.5 Å². The molecule has 0 unspecified atom stereocenters. The second-order valence-corrected chi connectivity index (χ2v) is 11.5. The number of nitrogens with one attached hydrogen (secondary N) is 3. The van der Waals surface area contributed by atoms with Crippen LogP contribution in [0, 0.1) is 0 Å². The summed E-state index contributed by atoms with van der Waals surface area (Å²) in [4.78, 5) is 24.4. The quantitative estimate of drug-likeness (QED) is 0.284. The number of carbonyl (C=O) groups is 1. The highest BCUT2D eigenvalue weighted by molar-refractivity contribution is 7.92. The second kappa shape index (κ2) is 11.3. The van der Waals surface area contributed by atoms with Gasteiger partial charge in [0, 0.05) is 49.3 Å². The van der Waals surface area contributed by atoms with Crippen LogP contribution in [-0.4, -0.2) is 59.8 Å². The van der Waals surface area contributed by atoms with Gasteiger partial charge in [-0.25, -0.2) is 18.4 Å². The van der Waals surface area contributed by atoms with Crippen molar-refractivity contribution in [2.45, 2.75) is 37.6 Å². The van der Waals surface area contributed by atoms with Gasteiger partial charge in [0.25, 0.3) is 5.91 Å². The van der Waals surface area contributed by atoms with Crippen LogP contribution in [0.2, 0.25) is 0 Å². The van der Waals surface area contributed by atoms with Gasteiger partial charge in [0.05, 0.1) is 11.9 Å². The molecule has 4 N–H and O–H groups in total. The van der Waals surface area contributed by atoms with E-state index in [1.54, 1.807) is 18.2 Å². The van der Waals surface area contributed by atoms with Gasteiger partial charge < -0.3 is 21.1 Å². The minimum atomic E-state index is -4.77. The maximum absolute atomic E-state index is 13.7. The van der Waals surface area contributed by atoms with Crippen LogP contribution in [0.1, 0.15) is 40.7 Å². The Hall–Kier alpha value is -3.98. The Balaban J connectivity index is 1.53. The first kappa shape index (κ1) is 29.0. The van der Waals surface area contributed by atoms with E-state index in [2.05, 4.69) is 30.9 Å². The SMILES string of the molecule is CN(c1ncccc1CNc1nc(Nc2cccc(C(=O)NCC3(O)CCC3)c2)ncc1C(F)(F)F)S(C)(=O)=O. The minimum Gasteiger partial charge on any atom is -0.388 e. The summed E-state index contributed by atoms with van der Waals surface area (Å²) < 4.78 is 66.0. The first-order valence-electron chi connectivity index (χ1n) is 12.2. The highest BCUT2D eigenvalue weighted by atomic mass is 32.2. The van der Waals surface area contributed by atoms with E-state index in [-0.39, 0.29) is 30.4 Å². The predicted molar refractivity (Wildman–Crippen MR) is 143 cm³/mol. The van der Waals surface area contributed by atoms with Crippen molar-refractivity contribution in [3.63, 3.8) is 0 Å². The molecule has 1 saturated carbocycles. The Labute approximate surface area is 228 Å². The number of hydrogen-bond donors (Lipinski definition) is 4. The minimum absolute atomic E-state index is 0.0537. The van der Waals surface area contributed by atoms with Crippen LogP contribution in [0.3, 0.4) is 0 Å². The molecule has 0 atom stereocenters. The lowest BCUT2D eigenvalue weighted by atomic mass is 9.80. The molecule has 214 valence electrons. The summed E-state index contributed by atoms with van der Waals surface area (Å²) in [7, 11) is -2.38. The van der Waals surface area contributed by atoms with Gasteiger partial charge in [0.2, 0.25) is 16.0 Å². The number of benzene rings is 1. The zero-order valence-corrected chi connectivity index (χ0v) is 22.5. The molecular formula is C25H28F3N7O4S. The van der Waals surface area contributed by atoms with E-state index in [0.29, 0.717) is 30.3 Å². The highest BCUT2D eigenvalue weighted by Crippen LogP contribution is 2.35. The molecule has 0 aliphatic heterocycles. The van der Waals surface area contributed by atoms with Crippen LogP contribution < -0.4 is 20.3 Å². The summed E-state index contributed by atoms with van der Waals surface area (Å²) in [6.07, 6.45) is 0.346. The van der Waals surface area contributed by atoms with Crippen molar-refractivity contribution in [3.05, 3.63) is 65.5 Å². The lowest BCUT2D eigenvalue weighted by Gasteiger charge is -2.36. The Kier molecular flexibility index (Phi) is 8.16. The van der Waals surface area contributed by atoms with Crippen molar-refractivity contribution in [2.75, 3.05) is 34.8 Å². The average molecular weight is 580 g/mol. The van der Waals surface area contributed by atoms with E-state index >= 15 is 0 Å². The van der Waals surface area contributed by atoms with E-state index in [1.807, 2.05) is 0 Å². The van der Waals surface area contributed by atoms with Crippen LogP contribution in [0.15, 0.2) is 48.8 Å². The fraction of sp³-hybridized carbons (Fsp3) is 0.360. The molecule has 0 spiro atoms. The first-order valence-corrected chi connectivity index (χ1v) is 14.0. The van der Waals surface area contributed by atoms with Crippen molar-refractivity contribution in [1.82, 2.24) is 20.3 Å². The van der Waals surface area contributed by atoms with E-state index in [0.717, 1.165) is 17.0 Å². The van der Waals surface area contributed by atoms with Gasteiger partial charge in [-0.1, -0.05) is 12.1 Å². The topological polar surface area (TPSA) is 149 Å². The number of alkyl halides is 3. The summed E-state index contributed by atoms with van der Waals surface area (Å²) in [5, 5.41) is 18.3. The fourth-order valence-electron chi connectivity index (χ4n) is 3.95. The summed E-state index contributed by atoms with van der Waals surface area (Å²) in [5.41, 5.74) is -1.06. The summed E-state index contributed by atoms with van der Waals surface area (Å²) in [5.74, 6) is -1.06. The predicted octanol–water partition coefficient (Wildman–Crippen LogP) is 3.29. The maximum Gasteiger partial charge on any atom is 0.421 e. The zero-order chi connectivity index (χ0) is 29.1. The number of hydrogen-bond acceptors (Lipinski definition) is 9. The second-order valence-electron chi connectivity index (χ2n) is 9.49. The molecule has 3 aromatic rings. The van der Waals surface area contributed by atoms with Gasteiger partial charge in [-0.3, -0.25) is 9.10 Å². The van der Waals surface area contributed by atoms with Crippen LogP contribution in [0.5, 0.6) is 0 Å². The van der Waals surface area contributed by atoms with E-state index in [4.69, 9.17) is 0 Å². The van der Waals surface area contributed by atoms with Crippen molar-refractivity contribution in [1.29, 1.82) is 0 Å². The molecule has 1 aliphatic carbocycles. The average Bonchev–Trinajstić information content (AvgIpc) is 2.88. The lowest BCUT2D eigenvalue weighted by Crippen LogP contribution is -2.47. The lowest BCUT2D eigenvalue weighted by molar-refractivity contribution is -0.137. The Morgan fingerprint density at radius 3 is 2.58 bits per heavy atom. The van der Waals surface area contributed by atoms with Crippen molar-refractivity contribution in [3.8, 4) is 0 Å². The van der Waals surface area contributed by atoms with Crippen LogP contribution in [0.4, 0.5) is 36.4 Å². The fourth-order valence-corrected chi connectivity index (χ4v) is 4.43. The molecule has 4 rings (SSSR count). The van der Waals surface area contributed by atoms with Gasteiger partial charge in [-0.2, -0.15) is 18.2 Å². The molecule has 0 saturated heterocycles. The number of nitrogens with zero attached hydrogens (tertiary/aromatic N) is 4. The molecule has 2 heterocycles. The van der Waals surface area contributed by atoms with Gasteiger partial charge in [-0.05, 0) is 43.5 Å². The number of sulfonamides is 1. The van der Waals surface area contributed by atoms with Gasteiger partial charge >= 0.3 is 6.18 Å². The third-order valence-electron chi connectivity index (χ3n) is 6.45. The molecule has 0 bridgehead atoms. The molecule has 1 aliphatic rings. The van der Waals surface area contributed by atoms with Crippen LogP contribution >= 0.6 is 0 Å². The molecule has 15 heteroatoms. The standard InChI is InChI=1S/C25H28F3N7O4S/c1-35(40(2,38)39)21-17(7-4-11-29-21)13-30-20-19(25(26,27)28)14-31-23(34-20)33-18-8-3-6-16(12-18)22(36)32-15-24(37)9-5-10-24/h3-4,6-8,11-12,14,37H,5,9-10,13,15H2,1-2H3,(H,32,36)(H2,30,31,33,34). The molecule has 11 nitrogen and oxygen atoms in total. The maximum atomic E-state index is 13.7. The number of halogens is 3. The van der Waals surface area contributed by atoms with Crippen molar-refractivity contribution in [2.24, 2.45) is 0 Å². The Bertz CT molecular complexity index is 1500. The van der Waals surface area contributed by atoms with Gasteiger partial charge in [-0.15, -0.1) is 0 Å². The Morgan fingerprint density at radius 1 is 1.18 bits per heavy atom. The third kappa shape index (κ3) is 6.96. The number of amides is 1. The number of aliphatic hydroxyl groups is 1. The largest absolute Gasteiger partial charge is 0.421 e. The van der Waals surface area contributed by atoms with E-state index < -0.39 is 39.1 Å². The number of pyridine rings is 1. The van der Waals surface area contributed by atoms with Crippen molar-refractivity contribution >= 4 is 39.2 Å².